The highest BCUT2D eigenvalue weighted by atomic mass is 35.5. The average Bonchev–Trinajstić information content (AvgIpc) is 2.27. The van der Waals surface area contributed by atoms with E-state index in [-0.39, 0.29) is 5.02 Å². The van der Waals surface area contributed by atoms with Gasteiger partial charge in [0.05, 0.1) is 5.02 Å². The molecule has 0 aliphatic heterocycles. The molecular weight excluding hydrogens is 243 g/mol. The third kappa shape index (κ3) is 5.86. The van der Waals surface area contributed by atoms with Gasteiger partial charge in [0, 0.05) is 25.7 Å². The lowest BCUT2D eigenvalue weighted by Gasteiger charge is -2.11. The summed E-state index contributed by atoms with van der Waals surface area (Å²) in [7, 11) is 4.05. The molecule has 0 fully saturated rings. The normalized spacial score (nSPS) is 10.9. The number of halogens is 2. The minimum absolute atomic E-state index is 0.0862. The summed E-state index contributed by atoms with van der Waals surface area (Å²) in [5.41, 5.74) is 0. The molecule has 0 aliphatic rings. The van der Waals surface area contributed by atoms with E-state index in [4.69, 9.17) is 16.3 Å². The van der Waals surface area contributed by atoms with Crippen LogP contribution in [0.25, 0.3) is 0 Å². The van der Waals surface area contributed by atoms with E-state index < -0.39 is 5.82 Å². The lowest BCUT2D eigenvalue weighted by molar-refractivity contribution is 0.308. The highest BCUT2D eigenvalue weighted by Gasteiger charge is 2.01. The number of nitrogens with zero attached hydrogens (tertiary/aromatic N) is 1. The van der Waals surface area contributed by atoms with Gasteiger partial charge in [0.25, 0.3) is 0 Å². The van der Waals surface area contributed by atoms with Gasteiger partial charge in [-0.05, 0) is 26.2 Å². The second-order valence-electron chi connectivity index (χ2n) is 3.98. The van der Waals surface area contributed by atoms with Gasteiger partial charge in [-0.15, -0.1) is 0 Å². The number of likely N-dealkylation sites (N-methyl/N-ethyl adjacent to an activating group) is 1. The standard InChI is InChI=1S/C12H18ClFN2O/c1-16(2)7-5-15-6-8-17-10-3-4-12(14)11(13)9-10/h3-4,9,15H,5-8H2,1-2H3. The Balaban J connectivity index is 2.16. The number of benzene rings is 1. The van der Waals surface area contributed by atoms with E-state index in [1.165, 1.54) is 12.1 Å². The molecule has 0 heterocycles. The van der Waals surface area contributed by atoms with Gasteiger partial charge in [-0.1, -0.05) is 11.6 Å². The number of ether oxygens (including phenoxy) is 1. The van der Waals surface area contributed by atoms with Crippen LogP contribution >= 0.6 is 11.6 Å². The molecule has 0 saturated carbocycles. The van der Waals surface area contributed by atoms with Crippen molar-refractivity contribution in [1.29, 1.82) is 0 Å². The van der Waals surface area contributed by atoms with Crippen molar-refractivity contribution in [3.63, 3.8) is 0 Å². The Labute approximate surface area is 107 Å². The zero-order valence-corrected chi connectivity index (χ0v) is 10.9. The minimum Gasteiger partial charge on any atom is -0.492 e. The smallest absolute Gasteiger partial charge is 0.142 e. The van der Waals surface area contributed by atoms with Crippen molar-refractivity contribution in [2.24, 2.45) is 0 Å². The van der Waals surface area contributed by atoms with Crippen molar-refractivity contribution in [3.8, 4) is 5.75 Å². The zero-order valence-electron chi connectivity index (χ0n) is 10.2. The molecule has 1 aromatic rings. The molecular formula is C12H18ClFN2O. The third-order valence-corrected chi connectivity index (χ3v) is 2.46. The van der Waals surface area contributed by atoms with Crippen LogP contribution in [-0.2, 0) is 0 Å². The number of nitrogens with one attached hydrogen (secondary N) is 1. The maximum atomic E-state index is 12.9. The average molecular weight is 261 g/mol. The molecule has 17 heavy (non-hydrogen) atoms. The van der Waals surface area contributed by atoms with Crippen molar-refractivity contribution in [1.82, 2.24) is 10.2 Å². The van der Waals surface area contributed by atoms with Gasteiger partial charge >= 0.3 is 0 Å². The maximum Gasteiger partial charge on any atom is 0.142 e. The van der Waals surface area contributed by atoms with E-state index in [0.717, 1.165) is 19.6 Å². The first kappa shape index (κ1) is 14.2. The van der Waals surface area contributed by atoms with E-state index in [1.807, 2.05) is 14.1 Å². The molecule has 1 N–H and O–H groups in total. The Morgan fingerprint density at radius 3 is 2.76 bits per heavy atom. The topological polar surface area (TPSA) is 24.5 Å². The van der Waals surface area contributed by atoms with Crippen molar-refractivity contribution in [2.45, 2.75) is 0 Å². The van der Waals surface area contributed by atoms with Gasteiger partial charge in [-0.2, -0.15) is 0 Å². The van der Waals surface area contributed by atoms with Gasteiger partial charge in [0.1, 0.15) is 18.2 Å². The quantitative estimate of drug-likeness (QED) is 0.759. The van der Waals surface area contributed by atoms with Gasteiger partial charge < -0.3 is 15.0 Å². The summed E-state index contributed by atoms with van der Waals surface area (Å²) in [6.45, 7) is 3.20. The van der Waals surface area contributed by atoms with Crippen molar-refractivity contribution in [2.75, 3.05) is 40.3 Å². The summed E-state index contributed by atoms with van der Waals surface area (Å²) < 4.78 is 18.3. The minimum atomic E-state index is -0.428. The van der Waals surface area contributed by atoms with Crippen molar-refractivity contribution < 1.29 is 9.13 Å². The molecule has 0 unspecified atom stereocenters. The summed E-state index contributed by atoms with van der Waals surface area (Å²) in [6.07, 6.45) is 0. The first-order chi connectivity index (χ1) is 8.09. The van der Waals surface area contributed by atoms with Crippen LogP contribution in [-0.4, -0.2) is 45.2 Å². The molecule has 0 aromatic heterocycles. The summed E-state index contributed by atoms with van der Waals surface area (Å²) in [6, 6.07) is 4.36. The lowest BCUT2D eigenvalue weighted by atomic mass is 10.3. The van der Waals surface area contributed by atoms with E-state index in [1.54, 1.807) is 6.07 Å². The second kappa shape index (κ2) is 7.48. The zero-order chi connectivity index (χ0) is 12.7. The molecule has 1 rings (SSSR count). The summed E-state index contributed by atoms with van der Waals surface area (Å²) in [5, 5.41) is 3.33. The van der Waals surface area contributed by atoms with Gasteiger partial charge in [0.2, 0.25) is 0 Å². The monoisotopic (exact) mass is 260 g/mol. The molecule has 0 amide bonds. The summed E-state index contributed by atoms with van der Waals surface area (Å²) in [5.74, 6) is 0.161. The Bertz CT molecular complexity index is 347. The van der Waals surface area contributed by atoms with Crippen LogP contribution in [0.3, 0.4) is 0 Å². The van der Waals surface area contributed by atoms with Crippen molar-refractivity contribution >= 4 is 11.6 Å². The SMILES string of the molecule is CN(C)CCNCCOc1ccc(F)c(Cl)c1. The van der Waals surface area contributed by atoms with E-state index in [0.29, 0.717) is 12.4 Å². The van der Waals surface area contributed by atoms with Crippen LogP contribution in [0, 0.1) is 5.82 Å². The number of rotatable bonds is 7. The fourth-order valence-corrected chi connectivity index (χ4v) is 1.41. The van der Waals surface area contributed by atoms with Gasteiger partial charge in [-0.3, -0.25) is 0 Å². The largest absolute Gasteiger partial charge is 0.492 e. The molecule has 0 aliphatic carbocycles. The molecule has 3 nitrogen and oxygen atoms in total. The highest BCUT2D eigenvalue weighted by molar-refractivity contribution is 6.30. The Morgan fingerprint density at radius 2 is 2.12 bits per heavy atom. The maximum absolute atomic E-state index is 12.9. The molecule has 0 atom stereocenters. The van der Waals surface area contributed by atoms with Crippen LogP contribution in [0.4, 0.5) is 4.39 Å². The van der Waals surface area contributed by atoms with Crippen LogP contribution in [0.2, 0.25) is 5.02 Å². The van der Waals surface area contributed by atoms with Crippen LogP contribution in [0.15, 0.2) is 18.2 Å². The summed E-state index contributed by atoms with van der Waals surface area (Å²) >= 11 is 5.64. The van der Waals surface area contributed by atoms with E-state index >= 15 is 0 Å². The number of hydrogen-bond acceptors (Lipinski definition) is 3. The Kier molecular flexibility index (Phi) is 6.26. The fourth-order valence-electron chi connectivity index (χ4n) is 1.24. The third-order valence-electron chi connectivity index (χ3n) is 2.17. The molecule has 96 valence electrons. The fraction of sp³-hybridized carbons (Fsp3) is 0.500. The first-order valence-corrected chi connectivity index (χ1v) is 5.90. The highest BCUT2D eigenvalue weighted by Crippen LogP contribution is 2.20. The second-order valence-corrected chi connectivity index (χ2v) is 4.38. The molecule has 0 radical (unpaired) electrons. The number of hydrogen-bond donors (Lipinski definition) is 1. The van der Waals surface area contributed by atoms with Crippen LogP contribution < -0.4 is 10.1 Å². The van der Waals surface area contributed by atoms with Crippen molar-refractivity contribution in [3.05, 3.63) is 29.0 Å². The molecule has 0 saturated heterocycles. The molecule has 0 spiro atoms. The van der Waals surface area contributed by atoms with Gasteiger partial charge in [0.15, 0.2) is 0 Å². The summed E-state index contributed by atoms with van der Waals surface area (Å²) in [4.78, 5) is 2.10. The predicted octanol–water partition coefficient (Wildman–Crippen LogP) is 2.01. The van der Waals surface area contributed by atoms with Crippen LogP contribution in [0.5, 0.6) is 5.75 Å². The first-order valence-electron chi connectivity index (χ1n) is 5.53. The Hall–Kier alpha value is -0.840. The lowest BCUT2D eigenvalue weighted by Crippen LogP contribution is -2.29. The predicted molar refractivity (Wildman–Crippen MR) is 68.3 cm³/mol. The van der Waals surface area contributed by atoms with E-state index in [2.05, 4.69) is 10.2 Å². The molecule has 0 bridgehead atoms. The molecule has 1 aromatic carbocycles. The van der Waals surface area contributed by atoms with Gasteiger partial charge in [-0.25, -0.2) is 4.39 Å². The van der Waals surface area contributed by atoms with Crippen LogP contribution in [0.1, 0.15) is 0 Å². The Morgan fingerprint density at radius 1 is 1.35 bits per heavy atom. The molecule has 5 heteroatoms. The van der Waals surface area contributed by atoms with E-state index in [9.17, 15) is 4.39 Å².